The largest absolute Gasteiger partial charge is 0.338 e. The first-order chi connectivity index (χ1) is 8.65. The van der Waals surface area contributed by atoms with Crippen LogP contribution in [0.4, 0.5) is 0 Å². The molecule has 1 aromatic rings. The second-order valence-electron chi connectivity index (χ2n) is 5.61. The van der Waals surface area contributed by atoms with Crippen LogP contribution in [0, 0.1) is 6.92 Å². The third-order valence-electron chi connectivity index (χ3n) is 4.37. The first-order valence-electron chi connectivity index (χ1n) is 6.72. The molecule has 19 heavy (non-hydrogen) atoms. The van der Waals surface area contributed by atoms with Gasteiger partial charge in [-0.3, -0.25) is 4.79 Å². The molecule has 0 saturated carbocycles. The monoisotopic (exact) mass is 300 g/mol. The van der Waals surface area contributed by atoms with Gasteiger partial charge in [0.25, 0.3) is 5.91 Å². The van der Waals surface area contributed by atoms with Gasteiger partial charge in [0.05, 0.1) is 4.88 Å². The second-order valence-corrected chi connectivity index (χ2v) is 6.53. The summed E-state index contributed by atoms with van der Waals surface area (Å²) in [6.45, 7) is 2.02. The van der Waals surface area contributed by atoms with Gasteiger partial charge in [-0.15, -0.1) is 23.7 Å². The fraction of sp³-hybridized carbons (Fsp3) is 0.643. The van der Waals surface area contributed by atoms with Crippen molar-refractivity contribution in [1.82, 2.24) is 10.2 Å². The minimum atomic E-state index is 0. The van der Waals surface area contributed by atoms with Crippen molar-refractivity contribution in [2.75, 3.05) is 7.05 Å². The molecule has 0 aliphatic carbocycles. The van der Waals surface area contributed by atoms with Crippen molar-refractivity contribution in [2.45, 2.75) is 50.7 Å². The molecule has 0 spiro atoms. The zero-order chi connectivity index (χ0) is 12.7. The molecule has 2 fully saturated rings. The Morgan fingerprint density at radius 2 is 2.00 bits per heavy atom. The molecule has 2 bridgehead atoms. The second kappa shape index (κ2) is 5.81. The van der Waals surface area contributed by atoms with E-state index >= 15 is 0 Å². The highest BCUT2D eigenvalue weighted by Crippen LogP contribution is 2.30. The molecule has 2 unspecified atom stereocenters. The van der Waals surface area contributed by atoms with Crippen LogP contribution in [0.15, 0.2) is 11.4 Å². The van der Waals surface area contributed by atoms with Crippen LogP contribution in [0.5, 0.6) is 0 Å². The molecule has 0 radical (unpaired) electrons. The summed E-state index contributed by atoms with van der Waals surface area (Å²) >= 11 is 1.56. The Morgan fingerprint density at radius 3 is 2.53 bits per heavy atom. The summed E-state index contributed by atoms with van der Waals surface area (Å²) in [4.78, 5) is 15.4. The SMILES string of the molecule is Cc1ccsc1C(=O)N(C)C1CC2CCC(C1)N2.Cl. The Balaban J connectivity index is 0.00000133. The van der Waals surface area contributed by atoms with E-state index < -0.39 is 0 Å². The fourth-order valence-electron chi connectivity index (χ4n) is 3.26. The molecule has 1 amide bonds. The molecule has 5 heteroatoms. The first kappa shape index (κ1) is 14.8. The number of hydrogen-bond donors (Lipinski definition) is 1. The highest BCUT2D eigenvalue weighted by Gasteiger charge is 2.36. The Kier molecular flexibility index (Phi) is 4.54. The van der Waals surface area contributed by atoms with Gasteiger partial charge in [-0.25, -0.2) is 0 Å². The summed E-state index contributed by atoms with van der Waals surface area (Å²) in [5.74, 6) is 0.203. The van der Waals surface area contributed by atoms with Gasteiger partial charge in [-0.1, -0.05) is 0 Å². The molecule has 3 heterocycles. The fourth-order valence-corrected chi connectivity index (χ4v) is 4.17. The van der Waals surface area contributed by atoms with Crippen LogP contribution in [0.2, 0.25) is 0 Å². The van der Waals surface area contributed by atoms with E-state index in [1.165, 1.54) is 12.8 Å². The van der Waals surface area contributed by atoms with Crippen LogP contribution in [0.1, 0.15) is 40.9 Å². The van der Waals surface area contributed by atoms with Crippen LogP contribution in [0.25, 0.3) is 0 Å². The first-order valence-corrected chi connectivity index (χ1v) is 7.60. The number of halogens is 1. The van der Waals surface area contributed by atoms with Gasteiger partial charge < -0.3 is 10.2 Å². The van der Waals surface area contributed by atoms with Crippen LogP contribution in [-0.4, -0.2) is 36.0 Å². The number of nitrogens with one attached hydrogen (secondary N) is 1. The Morgan fingerprint density at radius 1 is 1.37 bits per heavy atom. The van der Waals surface area contributed by atoms with E-state index in [2.05, 4.69) is 5.32 Å². The quantitative estimate of drug-likeness (QED) is 0.911. The summed E-state index contributed by atoms with van der Waals surface area (Å²) < 4.78 is 0. The Hall–Kier alpha value is -0.580. The van der Waals surface area contributed by atoms with Crippen molar-refractivity contribution in [3.8, 4) is 0 Å². The molecule has 3 nitrogen and oxygen atoms in total. The third kappa shape index (κ3) is 2.81. The van der Waals surface area contributed by atoms with Crippen molar-refractivity contribution in [2.24, 2.45) is 0 Å². The number of rotatable bonds is 2. The summed E-state index contributed by atoms with van der Waals surface area (Å²) in [6, 6.07) is 3.71. The smallest absolute Gasteiger partial charge is 0.264 e. The van der Waals surface area contributed by atoms with Crippen LogP contribution >= 0.6 is 23.7 Å². The van der Waals surface area contributed by atoms with Crippen molar-refractivity contribution >= 4 is 29.7 Å². The average molecular weight is 301 g/mol. The number of carbonyl (C=O) groups is 1. The summed E-state index contributed by atoms with van der Waals surface area (Å²) in [6.07, 6.45) is 4.79. The van der Waals surface area contributed by atoms with Crippen molar-refractivity contribution in [3.05, 3.63) is 21.9 Å². The van der Waals surface area contributed by atoms with Crippen LogP contribution < -0.4 is 5.32 Å². The van der Waals surface area contributed by atoms with Gasteiger partial charge in [0.15, 0.2) is 0 Å². The standard InChI is InChI=1S/C14H20N2OS.ClH/c1-9-5-6-18-13(9)14(17)16(2)12-7-10-3-4-11(8-12)15-10;/h5-6,10-12,15H,3-4,7-8H2,1-2H3;1H. The summed E-state index contributed by atoms with van der Waals surface area (Å²) in [5, 5.41) is 5.63. The topological polar surface area (TPSA) is 32.3 Å². The van der Waals surface area contributed by atoms with E-state index in [0.717, 1.165) is 23.3 Å². The van der Waals surface area contributed by atoms with E-state index in [1.807, 2.05) is 30.3 Å². The van der Waals surface area contributed by atoms with Gasteiger partial charge >= 0.3 is 0 Å². The lowest BCUT2D eigenvalue weighted by atomic mass is 9.98. The Labute approximate surface area is 124 Å². The predicted molar refractivity (Wildman–Crippen MR) is 81.4 cm³/mol. The molecule has 106 valence electrons. The minimum Gasteiger partial charge on any atom is -0.338 e. The third-order valence-corrected chi connectivity index (χ3v) is 5.38. The van der Waals surface area contributed by atoms with Crippen molar-refractivity contribution < 1.29 is 4.79 Å². The molecular weight excluding hydrogens is 280 g/mol. The maximum atomic E-state index is 12.5. The summed E-state index contributed by atoms with van der Waals surface area (Å²) in [5.41, 5.74) is 1.11. The molecule has 0 aromatic carbocycles. The minimum absolute atomic E-state index is 0. The normalized spacial score (nSPS) is 28.8. The maximum absolute atomic E-state index is 12.5. The number of aryl methyl sites for hydroxylation is 1. The van der Waals surface area contributed by atoms with Gasteiger partial charge in [-0.05, 0) is 49.6 Å². The van der Waals surface area contributed by atoms with E-state index in [4.69, 9.17) is 0 Å². The van der Waals surface area contributed by atoms with Gasteiger partial charge in [0.2, 0.25) is 0 Å². The van der Waals surface area contributed by atoms with E-state index in [9.17, 15) is 4.79 Å². The molecular formula is C14H21ClN2OS. The molecule has 2 saturated heterocycles. The molecule has 2 aliphatic rings. The number of hydrogen-bond acceptors (Lipinski definition) is 3. The maximum Gasteiger partial charge on any atom is 0.264 e. The zero-order valence-corrected chi connectivity index (χ0v) is 13.0. The van der Waals surface area contributed by atoms with Gasteiger partial charge in [-0.2, -0.15) is 0 Å². The van der Waals surface area contributed by atoms with E-state index in [0.29, 0.717) is 18.1 Å². The lowest BCUT2D eigenvalue weighted by Gasteiger charge is -2.35. The van der Waals surface area contributed by atoms with Crippen LogP contribution in [0.3, 0.4) is 0 Å². The predicted octanol–water partition coefficient (Wildman–Crippen LogP) is 2.83. The molecule has 1 aromatic heterocycles. The highest BCUT2D eigenvalue weighted by atomic mass is 35.5. The number of thiophene rings is 1. The van der Waals surface area contributed by atoms with Crippen molar-refractivity contribution in [3.63, 3.8) is 0 Å². The lowest BCUT2D eigenvalue weighted by Crippen LogP contribution is -2.48. The van der Waals surface area contributed by atoms with Crippen LogP contribution in [-0.2, 0) is 0 Å². The lowest BCUT2D eigenvalue weighted by molar-refractivity contribution is 0.0686. The van der Waals surface area contributed by atoms with Crippen molar-refractivity contribution in [1.29, 1.82) is 0 Å². The highest BCUT2D eigenvalue weighted by molar-refractivity contribution is 7.12. The van der Waals surface area contributed by atoms with E-state index in [-0.39, 0.29) is 18.3 Å². The number of piperidine rings is 1. The number of carbonyl (C=O) groups excluding carboxylic acids is 1. The Bertz CT molecular complexity index is 450. The van der Waals surface area contributed by atoms with E-state index in [1.54, 1.807) is 11.3 Å². The molecule has 3 rings (SSSR count). The number of fused-ring (bicyclic) bond motifs is 2. The number of nitrogens with zero attached hydrogens (tertiary/aromatic N) is 1. The molecule has 1 N–H and O–H groups in total. The van der Waals surface area contributed by atoms with Gasteiger partial charge in [0.1, 0.15) is 0 Å². The number of amides is 1. The zero-order valence-electron chi connectivity index (χ0n) is 11.4. The average Bonchev–Trinajstić information content (AvgIpc) is 2.93. The molecule has 2 aliphatic heterocycles. The van der Waals surface area contributed by atoms with Gasteiger partial charge in [0, 0.05) is 25.2 Å². The summed E-state index contributed by atoms with van der Waals surface area (Å²) in [7, 11) is 1.97. The molecule has 2 atom stereocenters.